The lowest BCUT2D eigenvalue weighted by molar-refractivity contribution is 0.0681. The summed E-state index contributed by atoms with van der Waals surface area (Å²) in [6.45, 7) is 3.75. The lowest BCUT2D eigenvalue weighted by Crippen LogP contribution is -2.42. The molecule has 17 heavy (non-hydrogen) atoms. The predicted molar refractivity (Wildman–Crippen MR) is 79.3 cm³/mol. The van der Waals surface area contributed by atoms with Gasteiger partial charge in [-0.2, -0.15) is 0 Å². The van der Waals surface area contributed by atoms with E-state index in [0.29, 0.717) is 5.92 Å². The highest BCUT2D eigenvalue weighted by atomic mass is 127. The van der Waals surface area contributed by atoms with Crippen LogP contribution < -0.4 is 5.73 Å². The van der Waals surface area contributed by atoms with Crippen molar-refractivity contribution in [1.29, 1.82) is 0 Å². The number of carbonyl (C=O) groups is 1. The largest absolute Gasteiger partial charge is 0.339 e. The molecule has 1 amide bonds. The molecule has 0 radical (unpaired) electrons. The van der Waals surface area contributed by atoms with Crippen LogP contribution in [0.3, 0.4) is 0 Å². The summed E-state index contributed by atoms with van der Waals surface area (Å²) in [6, 6.07) is 2.21. The van der Waals surface area contributed by atoms with Crippen molar-refractivity contribution in [1.82, 2.24) is 4.90 Å². The second-order valence-electron chi connectivity index (χ2n) is 4.63. The fraction of sp³-hybridized carbons (Fsp3) is 0.583. The van der Waals surface area contributed by atoms with Crippen LogP contribution in [-0.4, -0.2) is 29.9 Å². The Morgan fingerprint density at radius 2 is 2.24 bits per heavy atom. The van der Waals surface area contributed by atoms with E-state index in [-0.39, 0.29) is 11.9 Å². The number of halogens is 1. The van der Waals surface area contributed by atoms with Crippen molar-refractivity contribution in [2.75, 3.05) is 13.1 Å². The van der Waals surface area contributed by atoms with Crippen LogP contribution in [0.25, 0.3) is 0 Å². The van der Waals surface area contributed by atoms with Gasteiger partial charge in [-0.3, -0.25) is 4.79 Å². The number of hydrogen-bond donors (Lipinski definition) is 1. The molecular formula is C12H17IN2OS. The van der Waals surface area contributed by atoms with Crippen molar-refractivity contribution in [2.45, 2.75) is 25.8 Å². The maximum absolute atomic E-state index is 12.2. The molecule has 1 unspecified atom stereocenters. The SMILES string of the molecule is CC(N)C1CCN(C(=O)c2csc(I)c2)CC1. The van der Waals surface area contributed by atoms with Gasteiger partial charge in [-0.1, -0.05) is 0 Å². The highest BCUT2D eigenvalue weighted by molar-refractivity contribution is 14.1. The number of nitrogens with two attached hydrogens (primary N) is 1. The maximum atomic E-state index is 12.2. The molecule has 2 rings (SSSR count). The fourth-order valence-corrected chi connectivity index (χ4v) is 3.55. The molecule has 2 N–H and O–H groups in total. The normalized spacial score (nSPS) is 19.4. The zero-order valence-electron chi connectivity index (χ0n) is 9.86. The first-order valence-electron chi connectivity index (χ1n) is 5.87. The molecule has 3 nitrogen and oxygen atoms in total. The number of hydrogen-bond acceptors (Lipinski definition) is 3. The summed E-state index contributed by atoms with van der Waals surface area (Å²) in [5.41, 5.74) is 6.73. The van der Waals surface area contributed by atoms with E-state index < -0.39 is 0 Å². The van der Waals surface area contributed by atoms with E-state index >= 15 is 0 Å². The van der Waals surface area contributed by atoms with Crippen LogP contribution >= 0.6 is 33.9 Å². The summed E-state index contributed by atoms with van der Waals surface area (Å²) >= 11 is 3.87. The number of thiophene rings is 1. The number of piperidine rings is 1. The lowest BCUT2D eigenvalue weighted by Gasteiger charge is -2.33. The minimum Gasteiger partial charge on any atom is -0.339 e. The third-order valence-electron chi connectivity index (χ3n) is 3.38. The highest BCUT2D eigenvalue weighted by Crippen LogP contribution is 2.23. The average molecular weight is 364 g/mol. The molecule has 1 atom stereocenters. The topological polar surface area (TPSA) is 46.3 Å². The second-order valence-corrected chi connectivity index (χ2v) is 7.43. The molecule has 94 valence electrons. The third-order valence-corrected chi connectivity index (χ3v) is 5.17. The van der Waals surface area contributed by atoms with Gasteiger partial charge < -0.3 is 10.6 Å². The molecule has 1 saturated heterocycles. The Balaban J connectivity index is 1.95. The first-order valence-corrected chi connectivity index (χ1v) is 7.82. The van der Waals surface area contributed by atoms with Crippen LogP contribution in [0.15, 0.2) is 11.4 Å². The Morgan fingerprint density at radius 3 is 2.71 bits per heavy atom. The predicted octanol–water partition coefficient (Wildman–Crippen LogP) is 2.55. The van der Waals surface area contributed by atoms with E-state index in [1.54, 1.807) is 11.3 Å². The maximum Gasteiger partial charge on any atom is 0.254 e. The van der Waals surface area contributed by atoms with Gasteiger partial charge in [-0.25, -0.2) is 0 Å². The second kappa shape index (κ2) is 5.67. The van der Waals surface area contributed by atoms with Crippen LogP contribution in [0, 0.1) is 8.80 Å². The molecular weight excluding hydrogens is 347 g/mol. The molecule has 0 spiro atoms. The molecule has 2 heterocycles. The minimum absolute atomic E-state index is 0.173. The monoisotopic (exact) mass is 364 g/mol. The van der Waals surface area contributed by atoms with Gasteiger partial charge in [-0.05, 0) is 54.3 Å². The molecule has 1 aliphatic rings. The van der Waals surface area contributed by atoms with Gasteiger partial charge in [0.25, 0.3) is 5.91 Å². The van der Waals surface area contributed by atoms with Crippen LogP contribution in [-0.2, 0) is 0 Å². The van der Waals surface area contributed by atoms with Gasteiger partial charge in [-0.15, -0.1) is 11.3 Å². The molecule has 0 saturated carbocycles. The number of carbonyl (C=O) groups excluding carboxylic acids is 1. The smallest absolute Gasteiger partial charge is 0.254 e. The summed E-state index contributed by atoms with van der Waals surface area (Å²) in [6.07, 6.45) is 2.06. The van der Waals surface area contributed by atoms with Crippen molar-refractivity contribution in [3.05, 3.63) is 19.9 Å². The third kappa shape index (κ3) is 3.20. The summed E-state index contributed by atoms with van der Waals surface area (Å²) < 4.78 is 1.16. The number of rotatable bonds is 2. The van der Waals surface area contributed by atoms with E-state index in [2.05, 4.69) is 29.5 Å². The lowest BCUT2D eigenvalue weighted by atomic mass is 9.91. The van der Waals surface area contributed by atoms with Crippen molar-refractivity contribution < 1.29 is 4.79 Å². The van der Waals surface area contributed by atoms with E-state index in [1.807, 2.05) is 16.3 Å². The Labute approximate surface area is 120 Å². The van der Waals surface area contributed by atoms with Crippen LogP contribution in [0.2, 0.25) is 0 Å². The summed E-state index contributed by atoms with van der Waals surface area (Å²) in [5.74, 6) is 0.744. The molecule has 0 aromatic carbocycles. The standard InChI is InChI=1S/C12H17IN2OS/c1-8(14)9-2-4-15(5-3-9)12(16)10-6-11(13)17-7-10/h6-9H,2-5,14H2,1H3. The minimum atomic E-state index is 0.173. The van der Waals surface area contributed by atoms with E-state index in [4.69, 9.17) is 5.73 Å². The van der Waals surface area contributed by atoms with Crippen LogP contribution in [0.5, 0.6) is 0 Å². The molecule has 1 fully saturated rings. The van der Waals surface area contributed by atoms with Gasteiger partial charge >= 0.3 is 0 Å². The highest BCUT2D eigenvalue weighted by Gasteiger charge is 2.25. The van der Waals surface area contributed by atoms with E-state index in [9.17, 15) is 4.79 Å². The van der Waals surface area contributed by atoms with Gasteiger partial charge in [0.15, 0.2) is 0 Å². The first kappa shape index (κ1) is 13.3. The summed E-state index contributed by atoms with van der Waals surface area (Å²) in [5, 5.41) is 1.95. The van der Waals surface area contributed by atoms with Crippen molar-refractivity contribution in [3.63, 3.8) is 0 Å². The van der Waals surface area contributed by atoms with Gasteiger partial charge in [0, 0.05) is 24.5 Å². The van der Waals surface area contributed by atoms with Crippen LogP contribution in [0.4, 0.5) is 0 Å². The average Bonchev–Trinajstić information content (AvgIpc) is 2.75. The van der Waals surface area contributed by atoms with Crippen molar-refractivity contribution in [3.8, 4) is 0 Å². The van der Waals surface area contributed by atoms with Gasteiger partial charge in [0.05, 0.1) is 8.45 Å². The quantitative estimate of drug-likeness (QED) is 0.820. The summed E-state index contributed by atoms with van der Waals surface area (Å²) in [4.78, 5) is 14.1. The number of likely N-dealkylation sites (tertiary alicyclic amines) is 1. The Bertz CT molecular complexity index is 397. The first-order chi connectivity index (χ1) is 8.08. The Hall–Kier alpha value is -0.140. The van der Waals surface area contributed by atoms with Crippen molar-refractivity contribution in [2.24, 2.45) is 11.7 Å². The fourth-order valence-electron chi connectivity index (χ4n) is 2.23. The number of nitrogens with zero attached hydrogens (tertiary/aromatic N) is 1. The Kier molecular flexibility index (Phi) is 4.43. The molecule has 1 aliphatic heterocycles. The molecule has 1 aromatic heterocycles. The van der Waals surface area contributed by atoms with Crippen LogP contribution in [0.1, 0.15) is 30.1 Å². The summed E-state index contributed by atoms with van der Waals surface area (Å²) in [7, 11) is 0. The van der Waals surface area contributed by atoms with E-state index in [0.717, 1.165) is 34.4 Å². The molecule has 0 aliphatic carbocycles. The molecule has 0 bridgehead atoms. The zero-order chi connectivity index (χ0) is 12.4. The molecule has 1 aromatic rings. The van der Waals surface area contributed by atoms with Gasteiger partial charge in [0.2, 0.25) is 0 Å². The van der Waals surface area contributed by atoms with Gasteiger partial charge in [0.1, 0.15) is 0 Å². The zero-order valence-corrected chi connectivity index (χ0v) is 12.8. The molecule has 5 heteroatoms. The van der Waals surface area contributed by atoms with Crippen molar-refractivity contribution >= 4 is 39.8 Å². The Morgan fingerprint density at radius 1 is 1.59 bits per heavy atom. The number of amides is 1. The van der Waals surface area contributed by atoms with E-state index in [1.165, 1.54) is 0 Å².